The normalized spacial score (nSPS) is 15.8. The van der Waals surface area contributed by atoms with Crippen molar-refractivity contribution in [2.24, 2.45) is 0 Å². The zero-order valence-electron chi connectivity index (χ0n) is 12.8. The summed E-state index contributed by atoms with van der Waals surface area (Å²) in [5, 5.41) is 1.83. The van der Waals surface area contributed by atoms with E-state index in [2.05, 4.69) is 0 Å². The van der Waals surface area contributed by atoms with Gasteiger partial charge in [-0.3, -0.25) is 9.59 Å². The van der Waals surface area contributed by atoms with Crippen LogP contribution in [0.2, 0.25) is 0 Å². The molecule has 1 saturated heterocycles. The van der Waals surface area contributed by atoms with E-state index in [4.69, 9.17) is 0 Å². The maximum atomic E-state index is 12.8. The molecule has 0 radical (unpaired) electrons. The summed E-state index contributed by atoms with van der Waals surface area (Å²) in [6, 6.07) is 0.662. The highest BCUT2D eigenvalue weighted by Crippen LogP contribution is 2.37. The summed E-state index contributed by atoms with van der Waals surface area (Å²) >= 11 is 0. The predicted octanol–water partition coefficient (Wildman–Crippen LogP) is 3.68. The summed E-state index contributed by atoms with van der Waals surface area (Å²) in [6.45, 7) is 0.644. The number of hydrogen-bond donors (Lipinski definition) is 1. The first kappa shape index (κ1) is 19.1. The molecule has 1 aromatic carbocycles. The van der Waals surface area contributed by atoms with Crippen LogP contribution in [-0.2, 0) is 21.9 Å². The third-order valence-corrected chi connectivity index (χ3v) is 3.68. The molecule has 1 aromatic rings. The van der Waals surface area contributed by atoms with E-state index in [0.717, 1.165) is 6.42 Å². The number of piperidine rings is 1. The fraction of sp³-hybridized carbons (Fsp3) is 0.467. The minimum Gasteiger partial charge on any atom is -0.334 e. The number of rotatable bonds is 1. The quantitative estimate of drug-likeness (QED) is 0.607. The first-order chi connectivity index (χ1) is 11.5. The largest absolute Gasteiger partial charge is 0.416 e. The highest BCUT2D eigenvalue weighted by atomic mass is 19.4. The van der Waals surface area contributed by atoms with Gasteiger partial charge in [-0.05, 0) is 37.5 Å². The van der Waals surface area contributed by atoms with Crippen LogP contribution < -0.4 is 5.32 Å². The number of nitrogens with one attached hydrogen (secondary N) is 1. The van der Waals surface area contributed by atoms with Gasteiger partial charge in [0.25, 0.3) is 0 Å². The molecule has 0 bridgehead atoms. The van der Waals surface area contributed by atoms with Gasteiger partial charge < -0.3 is 10.2 Å². The maximum absolute atomic E-state index is 12.8. The summed E-state index contributed by atoms with van der Waals surface area (Å²) < 4.78 is 76.6. The van der Waals surface area contributed by atoms with Gasteiger partial charge in [0.2, 0.25) is 0 Å². The molecule has 0 saturated carbocycles. The molecule has 0 aliphatic carbocycles. The Balaban J connectivity index is 2.25. The molecule has 138 valence electrons. The van der Waals surface area contributed by atoms with E-state index in [0.29, 0.717) is 38.1 Å². The van der Waals surface area contributed by atoms with Crippen molar-refractivity contribution in [3.63, 3.8) is 0 Å². The second-order valence-corrected chi connectivity index (χ2v) is 5.60. The molecule has 0 atom stereocenters. The predicted molar refractivity (Wildman–Crippen MR) is 75.5 cm³/mol. The van der Waals surface area contributed by atoms with Crippen LogP contribution in [0, 0.1) is 0 Å². The van der Waals surface area contributed by atoms with Crippen molar-refractivity contribution in [1.82, 2.24) is 4.90 Å². The van der Waals surface area contributed by atoms with Crippen LogP contribution in [0.5, 0.6) is 0 Å². The van der Waals surface area contributed by atoms with Crippen molar-refractivity contribution in [1.29, 1.82) is 0 Å². The van der Waals surface area contributed by atoms with Gasteiger partial charge in [-0.2, -0.15) is 26.3 Å². The molecule has 1 fully saturated rings. The van der Waals surface area contributed by atoms with Crippen LogP contribution in [0.1, 0.15) is 30.4 Å². The lowest BCUT2D eigenvalue weighted by atomic mass is 10.1. The van der Waals surface area contributed by atoms with Crippen molar-refractivity contribution < 1.29 is 35.9 Å². The minimum absolute atomic E-state index is 0.0535. The number of alkyl halides is 6. The molecule has 1 aliphatic rings. The van der Waals surface area contributed by atoms with E-state index in [-0.39, 0.29) is 6.07 Å². The van der Waals surface area contributed by atoms with Gasteiger partial charge in [0.15, 0.2) is 0 Å². The summed E-state index contributed by atoms with van der Waals surface area (Å²) in [5.41, 5.74) is -3.87. The number of hydrogen-bond acceptors (Lipinski definition) is 2. The molecule has 1 aliphatic heterocycles. The fourth-order valence-electron chi connectivity index (χ4n) is 2.45. The smallest absolute Gasteiger partial charge is 0.334 e. The van der Waals surface area contributed by atoms with Gasteiger partial charge in [0, 0.05) is 18.8 Å². The number of anilines is 1. The first-order valence-electron chi connectivity index (χ1n) is 7.38. The maximum Gasteiger partial charge on any atom is 0.416 e. The molecule has 2 rings (SSSR count). The Labute approximate surface area is 138 Å². The molecular weight excluding hydrogens is 354 g/mol. The van der Waals surface area contributed by atoms with Crippen LogP contribution in [0.25, 0.3) is 0 Å². The van der Waals surface area contributed by atoms with E-state index in [9.17, 15) is 35.9 Å². The fourth-order valence-corrected chi connectivity index (χ4v) is 2.45. The van der Waals surface area contributed by atoms with Crippen molar-refractivity contribution in [2.75, 3.05) is 18.4 Å². The molecule has 0 unspecified atom stereocenters. The summed E-state index contributed by atoms with van der Waals surface area (Å²) in [6.07, 6.45) is -7.81. The Morgan fingerprint density at radius 3 is 1.76 bits per heavy atom. The molecule has 1 heterocycles. The number of amides is 2. The van der Waals surface area contributed by atoms with E-state index in [1.54, 1.807) is 0 Å². The number of benzene rings is 1. The number of nitrogens with zero attached hydrogens (tertiary/aromatic N) is 1. The first-order valence-corrected chi connectivity index (χ1v) is 7.38. The minimum atomic E-state index is -5.03. The van der Waals surface area contributed by atoms with Crippen LogP contribution >= 0.6 is 0 Å². The van der Waals surface area contributed by atoms with Crippen molar-refractivity contribution in [3.05, 3.63) is 29.3 Å². The van der Waals surface area contributed by atoms with Crippen LogP contribution in [0.15, 0.2) is 18.2 Å². The van der Waals surface area contributed by atoms with Crippen molar-refractivity contribution in [3.8, 4) is 0 Å². The van der Waals surface area contributed by atoms with E-state index in [1.165, 1.54) is 4.90 Å². The molecule has 0 aromatic heterocycles. The zero-order valence-corrected chi connectivity index (χ0v) is 12.8. The third kappa shape index (κ3) is 4.86. The number of carbonyl (C=O) groups is 2. The topological polar surface area (TPSA) is 49.4 Å². The van der Waals surface area contributed by atoms with Crippen LogP contribution in [0.4, 0.5) is 32.0 Å². The van der Waals surface area contributed by atoms with Gasteiger partial charge in [0.1, 0.15) is 0 Å². The van der Waals surface area contributed by atoms with Gasteiger partial charge in [-0.25, -0.2) is 0 Å². The van der Waals surface area contributed by atoms with Crippen LogP contribution in [0.3, 0.4) is 0 Å². The molecule has 1 N–H and O–H groups in total. The lowest BCUT2D eigenvalue weighted by Crippen LogP contribution is -2.42. The average molecular weight is 368 g/mol. The number of likely N-dealkylation sites (tertiary alicyclic amines) is 1. The second-order valence-electron chi connectivity index (χ2n) is 5.60. The number of halogens is 6. The highest BCUT2D eigenvalue weighted by molar-refractivity contribution is 6.39. The Morgan fingerprint density at radius 1 is 0.840 bits per heavy atom. The Morgan fingerprint density at radius 2 is 1.32 bits per heavy atom. The summed E-state index contributed by atoms with van der Waals surface area (Å²) in [5.74, 6) is -2.25. The lowest BCUT2D eigenvalue weighted by Gasteiger charge is -2.26. The van der Waals surface area contributed by atoms with Gasteiger partial charge in [0.05, 0.1) is 11.1 Å². The Kier molecular flexibility index (Phi) is 5.28. The molecule has 4 nitrogen and oxygen atoms in total. The monoisotopic (exact) mass is 368 g/mol. The summed E-state index contributed by atoms with van der Waals surface area (Å²) in [4.78, 5) is 25.0. The van der Waals surface area contributed by atoms with Crippen molar-refractivity contribution in [2.45, 2.75) is 31.6 Å². The van der Waals surface area contributed by atoms with Gasteiger partial charge >= 0.3 is 24.2 Å². The summed E-state index contributed by atoms with van der Waals surface area (Å²) in [7, 11) is 0. The molecule has 10 heteroatoms. The van der Waals surface area contributed by atoms with Crippen LogP contribution in [-0.4, -0.2) is 29.8 Å². The van der Waals surface area contributed by atoms with Crippen molar-refractivity contribution >= 4 is 17.5 Å². The Hall–Kier alpha value is -2.26. The highest BCUT2D eigenvalue weighted by Gasteiger charge is 2.37. The van der Waals surface area contributed by atoms with E-state index < -0.39 is 41.0 Å². The van der Waals surface area contributed by atoms with Gasteiger partial charge in [-0.15, -0.1) is 0 Å². The SMILES string of the molecule is O=C(Nc1cc(C(F)(F)F)cc(C(F)(F)F)c1)C(=O)N1CCCCC1. The molecule has 25 heavy (non-hydrogen) atoms. The Bertz CT molecular complexity index is 631. The third-order valence-electron chi connectivity index (χ3n) is 3.68. The molecule has 2 amide bonds. The zero-order chi connectivity index (χ0) is 18.8. The second kappa shape index (κ2) is 6.93. The van der Waals surface area contributed by atoms with Gasteiger partial charge in [-0.1, -0.05) is 0 Å². The van der Waals surface area contributed by atoms with E-state index in [1.807, 2.05) is 5.32 Å². The average Bonchev–Trinajstić information content (AvgIpc) is 2.53. The lowest BCUT2D eigenvalue weighted by molar-refractivity contribution is -0.143. The molecular formula is C15H14F6N2O2. The number of carbonyl (C=O) groups excluding carboxylic acids is 2. The molecule has 0 spiro atoms. The van der Waals surface area contributed by atoms with E-state index >= 15 is 0 Å². The standard InChI is InChI=1S/C15H14F6N2O2/c16-14(17,18)9-6-10(15(19,20)21)8-11(7-9)22-12(24)13(25)23-4-2-1-3-5-23/h6-8H,1-5H2,(H,22,24).